The van der Waals surface area contributed by atoms with E-state index >= 15 is 0 Å². The summed E-state index contributed by atoms with van der Waals surface area (Å²) in [5, 5.41) is 3.35. The number of fused-ring (bicyclic) bond motifs is 1. The van der Waals surface area contributed by atoms with E-state index in [9.17, 15) is 14.0 Å². The van der Waals surface area contributed by atoms with Gasteiger partial charge in [-0.3, -0.25) is 9.59 Å². The molecule has 1 amide bonds. The first-order valence-corrected chi connectivity index (χ1v) is 8.32. The zero-order valence-electron chi connectivity index (χ0n) is 13.2. The van der Waals surface area contributed by atoms with Crippen molar-refractivity contribution in [2.75, 3.05) is 6.61 Å². The van der Waals surface area contributed by atoms with E-state index in [0.29, 0.717) is 17.5 Å². The van der Waals surface area contributed by atoms with Crippen molar-refractivity contribution in [1.29, 1.82) is 0 Å². The van der Waals surface area contributed by atoms with Crippen LogP contribution in [-0.4, -0.2) is 29.1 Å². The van der Waals surface area contributed by atoms with Gasteiger partial charge in [0.05, 0.1) is 23.8 Å². The van der Waals surface area contributed by atoms with E-state index in [1.165, 1.54) is 37.1 Å². The Kier molecular flexibility index (Phi) is 3.64. The second-order valence-electron chi connectivity index (χ2n) is 6.81. The lowest BCUT2D eigenvalue weighted by Gasteiger charge is -2.21. The van der Waals surface area contributed by atoms with Gasteiger partial charge in [0, 0.05) is 17.0 Å². The van der Waals surface area contributed by atoms with Crippen LogP contribution in [0.2, 0.25) is 0 Å². The highest BCUT2D eigenvalue weighted by molar-refractivity contribution is 6.06. The van der Waals surface area contributed by atoms with Crippen LogP contribution in [0.3, 0.4) is 0 Å². The number of H-pyrrole nitrogens is 1. The van der Waals surface area contributed by atoms with Gasteiger partial charge in [0.15, 0.2) is 0 Å². The molecule has 2 fully saturated rings. The molecule has 2 heterocycles. The van der Waals surface area contributed by atoms with Gasteiger partial charge < -0.3 is 15.0 Å². The average molecular weight is 330 g/mol. The van der Waals surface area contributed by atoms with E-state index in [4.69, 9.17) is 4.74 Å². The molecule has 126 valence electrons. The average Bonchev–Trinajstić information content (AvgIpc) is 3.17. The molecule has 1 spiro atoms. The Morgan fingerprint density at radius 1 is 1.29 bits per heavy atom. The fraction of sp³-hybridized carbons (Fsp3) is 0.444. The molecule has 2 aromatic rings. The Hall–Kier alpha value is -2.21. The molecule has 1 aromatic carbocycles. The van der Waals surface area contributed by atoms with Crippen LogP contribution in [0.15, 0.2) is 29.1 Å². The number of aromatic amines is 1. The fourth-order valence-electron chi connectivity index (χ4n) is 3.98. The predicted molar refractivity (Wildman–Crippen MR) is 87.5 cm³/mol. The Morgan fingerprint density at radius 3 is 2.88 bits per heavy atom. The topological polar surface area (TPSA) is 71.2 Å². The Labute approximate surface area is 138 Å². The first-order chi connectivity index (χ1) is 11.5. The molecular weight excluding hydrogens is 311 g/mol. The Morgan fingerprint density at radius 2 is 2.08 bits per heavy atom. The van der Waals surface area contributed by atoms with Gasteiger partial charge in [0.25, 0.3) is 5.91 Å². The summed E-state index contributed by atoms with van der Waals surface area (Å²) < 4.78 is 19.5. The SMILES string of the molecule is O=C(N[C@@H]1COC2(CCCC2)C1)c1cc(=O)[nH]c2ccc(F)cc12. The maximum Gasteiger partial charge on any atom is 0.252 e. The summed E-state index contributed by atoms with van der Waals surface area (Å²) in [5.41, 5.74) is 0.180. The molecule has 1 saturated carbocycles. The minimum Gasteiger partial charge on any atom is -0.373 e. The van der Waals surface area contributed by atoms with E-state index in [1.54, 1.807) is 0 Å². The van der Waals surface area contributed by atoms with Gasteiger partial charge in [-0.25, -0.2) is 4.39 Å². The number of amides is 1. The summed E-state index contributed by atoms with van der Waals surface area (Å²) in [5.74, 6) is -0.807. The van der Waals surface area contributed by atoms with Gasteiger partial charge in [-0.1, -0.05) is 12.8 Å². The van der Waals surface area contributed by atoms with Gasteiger partial charge >= 0.3 is 0 Å². The molecule has 0 unspecified atom stereocenters. The second-order valence-corrected chi connectivity index (χ2v) is 6.81. The van der Waals surface area contributed by atoms with Crippen LogP contribution < -0.4 is 10.9 Å². The lowest BCUT2D eigenvalue weighted by molar-refractivity contribution is 0.00988. The monoisotopic (exact) mass is 330 g/mol. The van der Waals surface area contributed by atoms with Crippen LogP contribution in [-0.2, 0) is 4.74 Å². The number of carbonyl (C=O) groups excluding carboxylic acids is 1. The number of ether oxygens (including phenoxy) is 1. The largest absolute Gasteiger partial charge is 0.373 e. The van der Waals surface area contributed by atoms with Crippen LogP contribution in [0.1, 0.15) is 42.5 Å². The molecule has 5 nitrogen and oxygen atoms in total. The summed E-state index contributed by atoms with van der Waals surface area (Å²) >= 11 is 0. The Balaban J connectivity index is 1.60. The van der Waals surface area contributed by atoms with Gasteiger partial charge in [0.1, 0.15) is 5.82 Å². The number of halogens is 1. The molecule has 2 aliphatic rings. The number of carbonyl (C=O) groups is 1. The fourth-order valence-corrected chi connectivity index (χ4v) is 3.98. The number of hydrogen-bond donors (Lipinski definition) is 2. The van der Waals surface area contributed by atoms with Crippen LogP contribution in [0.5, 0.6) is 0 Å². The van der Waals surface area contributed by atoms with Crippen molar-refractivity contribution in [1.82, 2.24) is 10.3 Å². The molecule has 4 rings (SSSR count). The lowest BCUT2D eigenvalue weighted by atomic mass is 9.96. The van der Waals surface area contributed by atoms with Crippen LogP contribution >= 0.6 is 0 Å². The maximum atomic E-state index is 13.5. The van der Waals surface area contributed by atoms with Gasteiger partial charge in [-0.05, 0) is 37.5 Å². The summed E-state index contributed by atoms with van der Waals surface area (Å²) in [7, 11) is 0. The van der Waals surface area contributed by atoms with Crippen molar-refractivity contribution in [2.45, 2.75) is 43.7 Å². The molecule has 1 aliphatic heterocycles. The highest BCUT2D eigenvalue weighted by atomic mass is 19.1. The third kappa shape index (κ3) is 2.71. The molecule has 0 radical (unpaired) electrons. The number of pyridine rings is 1. The maximum absolute atomic E-state index is 13.5. The minimum absolute atomic E-state index is 0.0708. The molecule has 0 bridgehead atoms. The van der Waals surface area contributed by atoms with Crippen molar-refractivity contribution < 1.29 is 13.9 Å². The second kappa shape index (κ2) is 5.70. The highest BCUT2D eigenvalue weighted by Crippen LogP contribution is 2.40. The lowest BCUT2D eigenvalue weighted by Crippen LogP contribution is -2.36. The minimum atomic E-state index is -0.447. The summed E-state index contributed by atoms with van der Waals surface area (Å²) in [6, 6.07) is 5.14. The normalized spacial score (nSPS) is 22.3. The van der Waals surface area contributed by atoms with Crippen LogP contribution in [0, 0.1) is 5.82 Å². The first-order valence-electron chi connectivity index (χ1n) is 8.32. The van der Waals surface area contributed by atoms with Crippen molar-refractivity contribution in [3.05, 3.63) is 46.0 Å². The van der Waals surface area contributed by atoms with Gasteiger partial charge in [-0.15, -0.1) is 0 Å². The summed E-state index contributed by atoms with van der Waals surface area (Å²) in [4.78, 5) is 27.0. The van der Waals surface area contributed by atoms with Crippen LogP contribution in [0.4, 0.5) is 4.39 Å². The van der Waals surface area contributed by atoms with E-state index < -0.39 is 5.82 Å². The highest BCUT2D eigenvalue weighted by Gasteiger charge is 2.42. The zero-order chi connectivity index (χ0) is 16.7. The smallest absolute Gasteiger partial charge is 0.252 e. The molecule has 1 aliphatic carbocycles. The standard InChI is InChI=1S/C18H19FN2O3/c19-11-3-4-15-13(7-11)14(8-16(22)21-15)17(23)20-12-9-18(24-10-12)5-1-2-6-18/h3-4,7-8,12H,1-2,5-6,9-10H2,(H,20,23)(H,21,22)/t12-/m0/s1. The van der Waals surface area contributed by atoms with Gasteiger partial charge in [-0.2, -0.15) is 0 Å². The summed E-state index contributed by atoms with van der Waals surface area (Å²) in [6.07, 6.45) is 5.21. The third-order valence-corrected chi connectivity index (χ3v) is 5.11. The molecular formula is C18H19FN2O3. The number of nitrogens with one attached hydrogen (secondary N) is 2. The Bertz CT molecular complexity index is 855. The number of hydrogen-bond acceptors (Lipinski definition) is 3. The first kappa shape index (κ1) is 15.3. The van der Waals surface area contributed by atoms with E-state index in [0.717, 1.165) is 19.3 Å². The van der Waals surface area contributed by atoms with Crippen molar-refractivity contribution in [2.24, 2.45) is 0 Å². The molecule has 2 N–H and O–H groups in total. The van der Waals surface area contributed by atoms with Crippen molar-refractivity contribution in [3.63, 3.8) is 0 Å². The zero-order valence-corrected chi connectivity index (χ0v) is 13.2. The number of aromatic nitrogens is 1. The summed E-state index contributed by atoms with van der Waals surface area (Å²) in [6.45, 7) is 0.487. The molecule has 1 atom stereocenters. The third-order valence-electron chi connectivity index (χ3n) is 5.11. The van der Waals surface area contributed by atoms with E-state index in [2.05, 4.69) is 10.3 Å². The van der Waals surface area contributed by atoms with Crippen molar-refractivity contribution in [3.8, 4) is 0 Å². The quantitative estimate of drug-likeness (QED) is 0.889. The van der Waals surface area contributed by atoms with E-state index in [1.807, 2.05) is 0 Å². The molecule has 1 aromatic heterocycles. The van der Waals surface area contributed by atoms with Gasteiger partial charge in [0.2, 0.25) is 5.56 Å². The van der Waals surface area contributed by atoms with Crippen molar-refractivity contribution >= 4 is 16.8 Å². The molecule has 1 saturated heterocycles. The van der Waals surface area contributed by atoms with Crippen LogP contribution in [0.25, 0.3) is 10.9 Å². The van der Waals surface area contributed by atoms with E-state index in [-0.39, 0.29) is 28.7 Å². The predicted octanol–water partition coefficient (Wildman–Crippen LogP) is 2.50. The number of rotatable bonds is 2. The number of benzene rings is 1. The molecule has 24 heavy (non-hydrogen) atoms. The molecule has 6 heteroatoms.